The number of anilines is 1. The SMILES string of the molecule is Cc1c(-c2ccccc2)sc2ncn(CC(=O)c3ccc4c(c3)CCCN4S(C)(=O)=O)c(=O)c12. The molecule has 0 amide bonds. The number of nitrogens with zero attached hydrogens (tertiary/aromatic N) is 3. The first-order valence-electron chi connectivity index (χ1n) is 10.9. The van der Waals surface area contributed by atoms with Crippen molar-refractivity contribution in [1.82, 2.24) is 9.55 Å². The second kappa shape index (κ2) is 8.48. The average Bonchev–Trinajstić information content (AvgIpc) is 3.17. The Bertz CT molecular complexity index is 1590. The third-order valence-corrected chi connectivity index (χ3v) is 8.57. The predicted molar refractivity (Wildman–Crippen MR) is 135 cm³/mol. The standard InChI is InChI=1S/C25H23N3O4S2/c1-16-22-24(33-23(16)17-7-4-3-5-8-17)26-15-27(25(22)30)14-21(29)19-10-11-20-18(13-19)9-6-12-28(20)34(2,31)32/h3-5,7-8,10-11,13,15H,6,9,12,14H2,1-2H3. The molecule has 4 aromatic rings. The molecule has 0 bridgehead atoms. The van der Waals surface area contributed by atoms with Crippen LogP contribution in [-0.2, 0) is 23.0 Å². The number of thiophene rings is 1. The van der Waals surface area contributed by atoms with Gasteiger partial charge in [0.2, 0.25) is 10.0 Å². The van der Waals surface area contributed by atoms with Crippen molar-refractivity contribution < 1.29 is 13.2 Å². The zero-order chi connectivity index (χ0) is 24.0. The molecule has 1 aliphatic rings. The van der Waals surface area contributed by atoms with E-state index in [1.807, 2.05) is 37.3 Å². The number of carbonyl (C=O) groups excluding carboxylic acids is 1. The fourth-order valence-electron chi connectivity index (χ4n) is 4.46. The van der Waals surface area contributed by atoms with Crippen molar-refractivity contribution in [2.24, 2.45) is 0 Å². The normalized spacial score (nSPS) is 13.8. The van der Waals surface area contributed by atoms with E-state index in [1.165, 1.54) is 32.8 Å². The Morgan fingerprint density at radius 3 is 2.65 bits per heavy atom. The molecule has 0 N–H and O–H groups in total. The second-order valence-corrected chi connectivity index (χ2v) is 11.4. The van der Waals surface area contributed by atoms with E-state index in [-0.39, 0.29) is 17.9 Å². The van der Waals surface area contributed by atoms with E-state index in [4.69, 9.17) is 0 Å². The van der Waals surface area contributed by atoms with E-state index in [0.29, 0.717) is 40.9 Å². The van der Waals surface area contributed by atoms with Crippen LogP contribution >= 0.6 is 11.3 Å². The molecule has 1 aliphatic heterocycles. The molecule has 0 saturated carbocycles. The van der Waals surface area contributed by atoms with Gasteiger partial charge < -0.3 is 0 Å². The lowest BCUT2D eigenvalue weighted by Gasteiger charge is -2.29. The number of fused-ring (bicyclic) bond motifs is 2. The number of aromatic nitrogens is 2. The maximum absolute atomic E-state index is 13.3. The van der Waals surface area contributed by atoms with Crippen molar-refractivity contribution in [1.29, 1.82) is 0 Å². The van der Waals surface area contributed by atoms with Crippen LogP contribution in [0, 0.1) is 6.92 Å². The molecule has 5 rings (SSSR count). The third kappa shape index (κ3) is 3.95. The van der Waals surface area contributed by atoms with Crippen LogP contribution < -0.4 is 9.86 Å². The highest BCUT2D eigenvalue weighted by Crippen LogP contribution is 2.35. The summed E-state index contributed by atoms with van der Waals surface area (Å²) in [5.41, 5.74) is 3.54. The number of hydrogen-bond acceptors (Lipinski definition) is 6. The summed E-state index contributed by atoms with van der Waals surface area (Å²) in [5, 5.41) is 0.536. The summed E-state index contributed by atoms with van der Waals surface area (Å²) in [6.45, 7) is 2.21. The van der Waals surface area contributed by atoms with Crippen molar-refractivity contribution >= 4 is 43.0 Å². The Balaban J connectivity index is 1.47. The molecule has 0 atom stereocenters. The lowest BCUT2D eigenvalue weighted by Crippen LogP contribution is -2.34. The van der Waals surface area contributed by atoms with E-state index in [0.717, 1.165) is 21.6 Å². The molecule has 0 saturated heterocycles. The van der Waals surface area contributed by atoms with E-state index in [1.54, 1.807) is 18.2 Å². The molecular weight excluding hydrogens is 470 g/mol. The number of aryl methyl sites for hydroxylation is 2. The molecule has 174 valence electrons. The highest BCUT2D eigenvalue weighted by molar-refractivity contribution is 7.92. The topological polar surface area (TPSA) is 89.3 Å². The monoisotopic (exact) mass is 493 g/mol. The maximum atomic E-state index is 13.3. The van der Waals surface area contributed by atoms with Crippen molar-refractivity contribution in [2.45, 2.75) is 26.3 Å². The first kappa shape index (κ1) is 22.5. The molecule has 0 unspecified atom stereocenters. The second-order valence-electron chi connectivity index (χ2n) is 8.49. The van der Waals surface area contributed by atoms with Crippen LogP contribution in [0.1, 0.15) is 27.9 Å². The van der Waals surface area contributed by atoms with Crippen LogP contribution in [0.5, 0.6) is 0 Å². The fraction of sp³-hybridized carbons (Fsp3) is 0.240. The maximum Gasteiger partial charge on any atom is 0.262 e. The molecule has 7 nitrogen and oxygen atoms in total. The molecule has 0 spiro atoms. The average molecular weight is 494 g/mol. The predicted octanol–water partition coefficient (Wildman–Crippen LogP) is 4.03. The van der Waals surface area contributed by atoms with Crippen LogP contribution in [0.25, 0.3) is 20.7 Å². The van der Waals surface area contributed by atoms with Crippen molar-refractivity contribution in [2.75, 3.05) is 17.1 Å². The Hall–Kier alpha value is -3.30. The molecule has 3 heterocycles. The molecule has 0 radical (unpaired) electrons. The summed E-state index contributed by atoms with van der Waals surface area (Å²) in [4.78, 5) is 32.4. The largest absolute Gasteiger partial charge is 0.292 e. The number of benzene rings is 2. The van der Waals surface area contributed by atoms with E-state index < -0.39 is 10.0 Å². The van der Waals surface area contributed by atoms with Crippen LogP contribution in [0.2, 0.25) is 0 Å². The van der Waals surface area contributed by atoms with Gasteiger partial charge in [0.1, 0.15) is 4.83 Å². The lowest BCUT2D eigenvalue weighted by molar-refractivity contribution is 0.0970. The molecule has 0 fully saturated rings. The first-order chi connectivity index (χ1) is 16.2. The van der Waals surface area contributed by atoms with Crippen molar-refractivity contribution in [3.8, 4) is 10.4 Å². The molecular formula is C25H23N3O4S2. The van der Waals surface area contributed by atoms with Gasteiger partial charge in [0.15, 0.2) is 5.78 Å². The van der Waals surface area contributed by atoms with Gasteiger partial charge in [-0.2, -0.15) is 0 Å². The lowest BCUT2D eigenvalue weighted by atomic mass is 9.99. The van der Waals surface area contributed by atoms with Gasteiger partial charge in [0.25, 0.3) is 5.56 Å². The number of rotatable bonds is 5. The molecule has 2 aromatic carbocycles. The number of sulfonamides is 1. The van der Waals surface area contributed by atoms with Gasteiger partial charge in [-0.1, -0.05) is 30.3 Å². The Labute approximate surface area is 201 Å². The van der Waals surface area contributed by atoms with Crippen LogP contribution in [0.15, 0.2) is 59.7 Å². The van der Waals surface area contributed by atoms with Gasteiger partial charge in [-0.25, -0.2) is 13.4 Å². The summed E-state index contributed by atoms with van der Waals surface area (Å²) >= 11 is 1.47. The molecule has 2 aromatic heterocycles. The summed E-state index contributed by atoms with van der Waals surface area (Å²) in [6.07, 6.45) is 4.01. The Morgan fingerprint density at radius 1 is 1.15 bits per heavy atom. The smallest absolute Gasteiger partial charge is 0.262 e. The summed E-state index contributed by atoms with van der Waals surface area (Å²) in [6, 6.07) is 14.9. The van der Waals surface area contributed by atoms with Gasteiger partial charge in [0.05, 0.1) is 30.2 Å². The molecule has 34 heavy (non-hydrogen) atoms. The Kier molecular flexibility index (Phi) is 5.61. The molecule has 0 aliphatic carbocycles. The van der Waals surface area contributed by atoms with Gasteiger partial charge >= 0.3 is 0 Å². The van der Waals surface area contributed by atoms with Gasteiger partial charge in [-0.05, 0) is 54.7 Å². The van der Waals surface area contributed by atoms with Crippen LogP contribution in [0.3, 0.4) is 0 Å². The zero-order valence-electron chi connectivity index (χ0n) is 18.8. The van der Waals surface area contributed by atoms with Crippen LogP contribution in [0.4, 0.5) is 5.69 Å². The van der Waals surface area contributed by atoms with E-state index in [9.17, 15) is 18.0 Å². The van der Waals surface area contributed by atoms with Gasteiger partial charge in [-0.3, -0.25) is 18.5 Å². The third-order valence-electron chi connectivity index (χ3n) is 6.15. The minimum absolute atomic E-state index is 0.133. The molecule has 9 heteroatoms. The number of Topliss-reactive ketones (excluding diaryl/α,β-unsaturated/α-hetero) is 1. The van der Waals surface area contributed by atoms with Gasteiger partial charge in [-0.15, -0.1) is 11.3 Å². The summed E-state index contributed by atoms with van der Waals surface area (Å²) in [7, 11) is -3.37. The van der Waals surface area contributed by atoms with E-state index in [2.05, 4.69) is 4.98 Å². The number of hydrogen-bond donors (Lipinski definition) is 0. The number of ketones is 1. The summed E-state index contributed by atoms with van der Waals surface area (Å²) in [5.74, 6) is -0.223. The highest BCUT2D eigenvalue weighted by atomic mass is 32.2. The van der Waals surface area contributed by atoms with E-state index >= 15 is 0 Å². The van der Waals surface area contributed by atoms with Crippen molar-refractivity contribution in [3.05, 3.63) is 81.9 Å². The quantitative estimate of drug-likeness (QED) is 0.392. The highest BCUT2D eigenvalue weighted by Gasteiger charge is 2.25. The number of carbonyl (C=O) groups is 1. The Morgan fingerprint density at radius 2 is 1.91 bits per heavy atom. The summed E-state index contributed by atoms with van der Waals surface area (Å²) < 4.78 is 26.9. The minimum atomic E-state index is -3.37. The first-order valence-corrected chi connectivity index (χ1v) is 13.6. The fourth-order valence-corrected chi connectivity index (χ4v) is 6.60. The van der Waals surface area contributed by atoms with Gasteiger partial charge in [0, 0.05) is 17.0 Å². The minimum Gasteiger partial charge on any atom is -0.292 e. The van der Waals surface area contributed by atoms with Crippen LogP contribution in [-0.4, -0.2) is 36.6 Å². The van der Waals surface area contributed by atoms with Crippen molar-refractivity contribution in [3.63, 3.8) is 0 Å². The zero-order valence-corrected chi connectivity index (χ0v) is 20.4.